The maximum absolute atomic E-state index is 5.22. The summed E-state index contributed by atoms with van der Waals surface area (Å²) >= 11 is 0. The molecule has 0 amide bonds. The number of aromatic nitrogens is 2. The van der Waals surface area contributed by atoms with Crippen molar-refractivity contribution in [3.8, 4) is 0 Å². The summed E-state index contributed by atoms with van der Waals surface area (Å²) < 4.78 is 5.22. The molecule has 2 aromatic rings. The molecule has 13 heavy (non-hydrogen) atoms. The quantitative estimate of drug-likeness (QED) is 0.671. The maximum Gasteiger partial charge on any atom is 0.106 e. The highest BCUT2D eigenvalue weighted by Gasteiger charge is 2.24. The van der Waals surface area contributed by atoms with Gasteiger partial charge in [-0.05, 0) is 24.6 Å². The summed E-state index contributed by atoms with van der Waals surface area (Å²) in [5.74, 6) is 0.962. The van der Waals surface area contributed by atoms with E-state index >= 15 is 0 Å². The number of hydrogen-bond acceptors (Lipinski definition) is 2. The number of hydrogen-bond donors (Lipinski definition) is 1. The van der Waals surface area contributed by atoms with E-state index in [1.165, 1.54) is 5.56 Å². The van der Waals surface area contributed by atoms with E-state index in [9.17, 15) is 0 Å². The van der Waals surface area contributed by atoms with Gasteiger partial charge >= 0.3 is 0 Å². The number of epoxide rings is 1. The molecule has 2 heterocycles. The summed E-state index contributed by atoms with van der Waals surface area (Å²) in [5, 5.41) is 0. The molecule has 0 bridgehead atoms. The van der Waals surface area contributed by atoms with Gasteiger partial charge in [-0.25, -0.2) is 4.98 Å². The fraction of sp³-hybridized carbons (Fsp3) is 0.300. The zero-order chi connectivity index (χ0) is 8.84. The van der Waals surface area contributed by atoms with Crippen LogP contribution in [-0.2, 0) is 4.74 Å². The third-order valence-electron chi connectivity index (χ3n) is 2.33. The third-order valence-corrected chi connectivity index (χ3v) is 2.33. The van der Waals surface area contributed by atoms with E-state index in [4.69, 9.17) is 4.74 Å². The first kappa shape index (κ1) is 7.09. The van der Waals surface area contributed by atoms with Gasteiger partial charge in [0, 0.05) is 0 Å². The smallest absolute Gasteiger partial charge is 0.106 e. The Morgan fingerprint density at radius 1 is 1.54 bits per heavy atom. The summed E-state index contributed by atoms with van der Waals surface area (Å²) in [6.07, 6.45) is 0.327. The molecule has 3 nitrogen and oxygen atoms in total. The van der Waals surface area contributed by atoms with Crippen LogP contribution in [0.25, 0.3) is 11.0 Å². The summed E-state index contributed by atoms with van der Waals surface area (Å²) in [4.78, 5) is 7.55. The Morgan fingerprint density at radius 3 is 3.15 bits per heavy atom. The van der Waals surface area contributed by atoms with E-state index in [0.29, 0.717) is 6.10 Å². The van der Waals surface area contributed by atoms with Crippen LogP contribution in [0.1, 0.15) is 17.5 Å². The number of fused-ring (bicyclic) bond motifs is 1. The number of ether oxygens (including phenoxy) is 1. The van der Waals surface area contributed by atoms with Crippen LogP contribution in [0.4, 0.5) is 0 Å². The lowest BCUT2D eigenvalue weighted by atomic mass is 10.1. The molecule has 1 fully saturated rings. The minimum Gasteiger partial charge on any atom is -0.368 e. The molecule has 1 aliphatic heterocycles. The van der Waals surface area contributed by atoms with Crippen LogP contribution in [-0.4, -0.2) is 16.6 Å². The number of nitrogens with zero attached hydrogens (tertiary/aromatic N) is 1. The van der Waals surface area contributed by atoms with Crippen molar-refractivity contribution in [3.05, 3.63) is 29.6 Å². The number of imidazole rings is 1. The Balaban J connectivity index is 2.20. The Hall–Kier alpha value is -1.35. The first-order chi connectivity index (χ1) is 6.33. The molecule has 1 aromatic heterocycles. The molecular weight excluding hydrogens is 164 g/mol. The molecule has 3 heteroatoms. The molecule has 0 aliphatic carbocycles. The second kappa shape index (κ2) is 2.33. The number of nitrogens with one attached hydrogen (secondary N) is 1. The van der Waals surface area contributed by atoms with Crippen LogP contribution in [0.5, 0.6) is 0 Å². The molecule has 0 radical (unpaired) electrons. The van der Waals surface area contributed by atoms with Gasteiger partial charge in [0.05, 0.1) is 17.6 Å². The fourth-order valence-electron chi connectivity index (χ4n) is 1.60. The number of H-pyrrole nitrogens is 1. The maximum atomic E-state index is 5.22. The van der Waals surface area contributed by atoms with E-state index < -0.39 is 0 Å². The van der Waals surface area contributed by atoms with E-state index in [1.807, 2.05) is 13.0 Å². The van der Waals surface area contributed by atoms with E-state index in [2.05, 4.69) is 22.1 Å². The van der Waals surface area contributed by atoms with Crippen LogP contribution in [0, 0.1) is 6.92 Å². The van der Waals surface area contributed by atoms with Gasteiger partial charge < -0.3 is 9.72 Å². The largest absolute Gasteiger partial charge is 0.368 e. The molecule has 3 rings (SSSR count). The highest BCUT2D eigenvalue weighted by molar-refractivity contribution is 5.76. The molecule has 1 aromatic carbocycles. The van der Waals surface area contributed by atoms with Gasteiger partial charge in [-0.2, -0.15) is 0 Å². The minimum absolute atomic E-state index is 0.327. The summed E-state index contributed by atoms with van der Waals surface area (Å²) in [7, 11) is 0. The zero-order valence-electron chi connectivity index (χ0n) is 7.37. The van der Waals surface area contributed by atoms with Crippen molar-refractivity contribution in [2.75, 3.05) is 6.61 Å². The lowest BCUT2D eigenvalue weighted by molar-refractivity contribution is 0.416. The second-order valence-corrected chi connectivity index (χ2v) is 3.42. The number of aryl methyl sites for hydroxylation is 1. The molecule has 1 saturated heterocycles. The van der Waals surface area contributed by atoms with Crippen molar-refractivity contribution in [2.24, 2.45) is 0 Å². The molecule has 1 unspecified atom stereocenters. The summed E-state index contributed by atoms with van der Waals surface area (Å²) in [5.41, 5.74) is 3.38. The van der Waals surface area contributed by atoms with Gasteiger partial charge in [-0.1, -0.05) is 6.07 Å². The van der Waals surface area contributed by atoms with Gasteiger partial charge in [0.25, 0.3) is 0 Å². The number of aromatic amines is 1. The molecular formula is C10H10N2O. The Bertz CT molecular complexity index is 457. The standard InChI is InChI=1S/C10H10N2O/c1-6-11-8-3-2-7(10-5-13-10)4-9(8)12-6/h2-4,10H,5H2,1H3,(H,11,12). The van der Waals surface area contributed by atoms with Crippen molar-refractivity contribution < 1.29 is 4.74 Å². The van der Waals surface area contributed by atoms with Crippen LogP contribution in [0.3, 0.4) is 0 Å². The lowest BCUT2D eigenvalue weighted by Gasteiger charge is -1.93. The van der Waals surface area contributed by atoms with Gasteiger partial charge in [0.15, 0.2) is 0 Å². The normalized spacial score (nSPS) is 20.8. The van der Waals surface area contributed by atoms with Gasteiger partial charge in [0.2, 0.25) is 0 Å². The SMILES string of the molecule is Cc1nc2ccc(C3CO3)cc2[nH]1. The molecule has 0 saturated carbocycles. The second-order valence-electron chi connectivity index (χ2n) is 3.42. The highest BCUT2D eigenvalue weighted by atomic mass is 16.6. The zero-order valence-corrected chi connectivity index (χ0v) is 7.37. The first-order valence-corrected chi connectivity index (χ1v) is 4.41. The molecule has 1 N–H and O–H groups in total. The summed E-state index contributed by atoms with van der Waals surface area (Å²) in [6, 6.07) is 6.24. The lowest BCUT2D eigenvalue weighted by Crippen LogP contribution is -1.79. The number of benzene rings is 1. The van der Waals surface area contributed by atoms with Crippen molar-refractivity contribution in [1.82, 2.24) is 9.97 Å². The molecule has 1 atom stereocenters. The predicted molar refractivity (Wildman–Crippen MR) is 49.5 cm³/mol. The molecule has 0 spiro atoms. The van der Waals surface area contributed by atoms with Crippen molar-refractivity contribution in [3.63, 3.8) is 0 Å². The average molecular weight is 174 g/mol. The Morgan fingerprint density at radius 2 is 2.38 bits per heavy atom. The van der Waals surface area contributed by atoms with Gasteiger partial charge in [-0.3, -0.25) is 0 Å². The van der Waals surface area contributed by atoms with Crippen LogP contribution in [0.2, 0.25) is 0 Å². The van der Waals surface area contributed by atoms with E-state index in [1.54, 1.807) is 0 Å². The fourth-order valence-corrected chi connectivity index (χ4v) is 1.60. The Labute approximate surface area is 75.7 Å². The topological polar surface area (TPSA) is 41.2 Å². The van der Waals surface area contributed by atoms with E-state index in [-0.39, 0.29) is 0 Å². The number of rotatable bonds is 1. The monoisotopic (exact) mass is 174 g/mol. The predicted octanol–water partition coefficient (Wildman–Crippen LogP) is 1.94. The van der Waals surface area contributed by atoms with Crippen LogP contribution < -0.4 is 0 Å². The highest BCUT2D eigenvalue weighted by Crippen LogP contribution is 2.30. The summed E-state index contributed by atoms with van der Waals surface area (Å²) in [6.45, 7) is 2.83. The van der Waals surface area contributed by atoms with Crippen LogP contribution in [0.15, 0.2) is 18.2 Å². The van der Waals surface area contributed by atoms with Crippen molar-refractivity contribution in [2.45, 2.75) is 13.0 Å². The van der Waals surface area contributed by atoms with Crippen molar-refractivity contribution in [1.29, 1.82) is 0 Å². The molecule has 1 aliphatic rings. The van der Waals surface area contributed by atoms with Gasteiger partial charge in [0.1, 0.15) is 11.9 Å². The first-order valence-electron chi connectivity index (χ1n) is 4.41. The molecule has 66 valence electrons. The van der Waals surface area contributed by atoms with Crippen molar-refractivity contribution >= 4 is 11.0 Å². The van der Waals surface area contributed by atoms with Gasteiger partial charge in [-0.15, -0.1) is 0 Å². The van der Waals surface area contributed by atoms with Crippen LogP contribution >= 0.6 is 0 Å². The van der Waals surface area contributed by atoms with E-state index in [0.717, 1.165) is 23.5 Å². The average Bonchev–Trinajstić information content (AvgIpc) is 2.87. The third kappa shape index (κ3) is 1.12. The Kier molecular flexibility index (Phi) is 1.27. The minimum atomic E-state index is 0.327.